The lowest BCUT2D eigenvalue weighted by molar-refractivity contribution is 0.374. The van der Waals surface area contributed by atoms with Gasteiger partial charge in [-0.1, -0.05) is 28.1 Å². The number of halogens is 1. The highest BCUT2D eigenvalue weighted by Gasteiger charge is 2.17. The van der Waals surface area contributed by atoms with Gasteiger partial charge in [-0.15, -0.1) is 0 Å². The van der Waals surface area contributed by atoms with E-state index in [1.807, 2.05) is 37.3 Å². The molecule has 3 nitrogen and oxygen atoms in total. The molecule has 4 heteroatoms. The van der Waals surface area contributed by atoms with Crippen LogP contribution < -0.4 is 4.74 Å². The van der Waals surface area contributed by atoms with E-state index in [1.165, 1.54) is 7.11 Å². The average molecular weight is 359 g/mol. The van der Waals surface area contributed by atoms with Gasteiger partial charge >= 0.3 is 0 Å². The molecule has 0 amide bonds. The van der Waals surface area contributed by atoms with Crippen LogP contribution in [0.25, 0.3) is 21.9 Å². The molecular formula is C18H15BrO3. The lowest BCUT2D eigenvalue weighted by atomic mass is 9.95. The van der Waals surface area contributed by atoms with Gasteiger partial charge in [-0.25, -0.2) is 0 Å². The van der Waals surface area contributed by atoms with Crippen LogP contribution in [0.5, 0.6) is 17.2 Å². The van der Waals surface area contributed by atoms with Gasteiger partial charge in [-0.05, 0) is 53.6 Å². The van der Waals surface area contributed by atoms with Gasteiger partial charge < -0.3 is 14.9 Å². The summed E-state index contributed by atoms with van der Waals surface area (Å²) in [7, 11) is 1.51. The van der Waals surface area contributed by atoms with Crippen LogP contribution in [0.1, 0.15) is 5.56 Å². The Morgan fingerprint density at radius 2 is 1.77 bits per heavy atom. The number of phenolic OH excluding ortho intramolecular Hbond substituents is 2. The quantitative estimate of drug-likeness (QED) is 0.677. The average Bonchev–Trinajstić information content (AvgIpc) is 2.49. The van der Waals surface area contributed by atoms with Crippen molar-refractivity contribution in [2.75, 3.05) is 7.11 Å². The molecule has 0 saturated carbocycles. The summed E-state index contributed by atoms with van der Waals surface area (Å²) < 4.78 is 6.18. The summed E-state index contributed by atoms with van der Waals surface area (Å²) in [6.45, 7) is 1.92. The fourth-order valence-corrected chi connectivity index (χ4v) is 3.04. The van der Waals surface area contributed by atoms with Crippen molar-refractivity contribution >= 4 is 26.7 Å². The second-order valence-electron chi connectivity index (χ2n) is 5.19. The van der Waals surface area contributed by atoms with E-state index in [-0.39, 0.29) is 11.5 Å². The smallest absolute Gasteiger partial charge is 0.165 e. The Labute approximate surface area is 136 Å². The molecule has 0 unspecified atom stereocenters. The monoisotopic (exact) mass is 358 g/mol. The standard InChI is InChI=1S/C18H15BrO3/c1-10-7-14(18(21)16(8-10)22-2)17-13-5-4-12(19)9-11(13)3-6-15(17)20/h3-9,20-21H,1-2H3. The van der Waals surface area contributed by atoms with Crippen molar-refractivity contribution in [1.29, 1.82) is 0 Å². The van der Waals surface area contributed by atoms with E-state index in [9.17, 15) is 10.2 Å². The van der Waals surface area contributed by atoms with E-state index in [2.05, 4.69) is 15.9 Å². The van der Waals surface area contributed by atoms with Crippen molar-refractivity contribution in [2.45, 2.75) is 6.92 Å². The Bertz CT molecular complexity index is 872. The molecule has 2 N–H and O–H groups in total. The van der Waals surface area contributed by atoms with E-state index >= 15 is 0 Å². The Morgan fingerprint density at radius 3 is 2.50 bits per heavy atom. The molecule has 0 aliphatic rings. The highest BCUT2D eigenvalue weighted by atomic mass is 79.9. The van der Waals surface area contributed by atoms with E-state index in [1.54, 1.807) is 12.1 Å². The van der Waals surface area contributed by atoms with Crippen molar-refractivity contribution in [3.05, 3.63) is 52.5 Å². The van der Waals surface area contributed by atoms with Crippen LogP contribution in [0, 0.1) is 6.92 Å². The Kier molecular flexibility index (Phi) is 3.71. The van der Waals surface area contributed by atoms with Crippen LogP contribution in [0.4, 0.5) is 0 Å². The maximum absolute atomic E-state index is 10.5. The van der Waals surface area contributed by atoms with Crippen molar-refractivity contribution in [3.8, 4) is 28.4 Å². The predicted octanol–water partition coefficient (Wildman–Crippen LogP) is 5.00. The molecule has 0 spiro atoms. The molecule has 0 aromatic heterocycles. The van der Waals surface area contributed by atoms with Crippen LogP contribution in [0.2, 0.25) is 0 Å². The van der Waals surface area contributed by atoms with Gasteiger partial charge in [0.15, 0.2) is 11.5 Å². The number of fused-ring (bicyclic) bond motifs is 1. The number of benzene rings is 3. The van der Waals surface area contributed by atoms with Crippen LogP contribution >= 0.6 is 15.9 Å². The molecule has 0 radical (unpaired) electrons. The maximum atomic E-state index is 10.5. The summed E-state index contributed by atoms with van der Waals surface area (Å²) in [6, 6.07) is 12.9. The number of aryl methyl sites for hydroxylation is 1. The molecule has 0 aliphatic heterocycles. The molecule has 0 atom stereocenters. The fraction of sp³-hybridized carbons (Fsp3) is 0.111. The molecule has 0 heterocycles. The lowest BCUT2D eigenvalue weighted by Gasteiger charge is -2.14. The number of methoxy groups -OCH3 is 1. The zero-order valence-electron chi connectivity index (χ0n) is 12.2. The predicted molar refractivity (Wildman–Crippen MR) is 91.7 cm³/mol. The largest absolute Gasteiger partial charge is 0.507 e. The van der Waals surface area contributed by atoms with Gasteiger partial charge in [0.1, 0.15) is 5.75 Å². The number of aromatic hydroxyl groups is 2. The van der Waals surface area contributed by atoms with Gasteiger partial charge in [0, 0.05) is 15.6 Å². The third-order valence-corrected chi connectivity index (χ3v) is 4.16. The van der Waals surface area contributed by atoms with E-state index in [0.29, 0.717) is 16.9 Å². The molecular weight excluding hydrogens is 344 g/mol. The molecule has 0 bridgehead atoms. The van der Waals surface area contributed by atoms with Crippen molar-refractivity contribution in [2.24, 2.45) is 0 Å². The molecule has 3 rings (SSSR count). The Hall–Kier alpha value is -2.20. The van der Waals surface area contributed by atoms with Gasteiger partial charge in [-0.3, -0.25) is 0 Å². The molecule has 112 valence electrons. The van der Waals surface area contributed by atoms with Gasteiger partial charge in [0.05, 0.1) is 7.11 Å². The number of rotatable bonds is 2. The number of hydrogen-bond donors (Lipinski definition) is 2. The maximum Gasteiger partial charge on any atom is 0.165 e. The zero-order chi connectivity index (χ0) is 15.9. The van der Waals surface area contributed by atoms with Gasteiger partial charge in [0.2, 0.25) is 0 Å². The van der Waals surface area contributed by atoms with Crippen LogP contribution in [-0.2, 0) is 0 Å². The van der Waals surface area contributed by atoms with Crippen LogP contribution in [0.3, 0.4) is 0 Å². The summed E-state index contributed by atoms with van der Waals surface area (Å²) in [4.78, 5) is 0. The normalized spacial score (nSPS) is 10.9. The van der Waals surface area contributed by atoms with E-state index < -0.39 is 0 Å². The number of phenols is 2. The second kappa shape index (κ2) is 5.54. The third-order valence-electron chi connectivity index (χ3n) is 3.67. The summed E-state index contributed by atoms with van der Waals surface area (Å²) in [5.74, 6) is 0.542. The minimum atomic E-state index is 0.0267. The highest BCUT2D eigenvalue weighted by molar-refractivity contribution is 9.10. The molecule has 3 aromatic carbocycles. The Balaban J connectivity index is 2.40. The summed E-state index contributed by atoms with van der Waals surface area (Å²) in [5, 5.41) is 22.6. The molecule has 22 heavy (non-hydrogen) atoms. The second-order valence-corrected chi connectivity index (χ2v) is 6.10. The summed E-state index contributed by atoms with van der Waals surface area (Å²) in [6.07, 6.45) is 0. The lowest BCUT2D eigenvalue weighted by Crippen LogP contribution is -1.90. The van der Waals surface area contributed by atoms with E-state index in [4.69, 9.17) is 4.74 Å². The molecule has 0 aliphatic carbocycles. The van der Waals surface area contributed by atoms with Crippen molar-refractivity contribution in [1.82, 2.24) is 0 Å². The first-order chi connectivity index (χ1) is 10.5. The SMILES string of the molecule is COc1cc(C)cc(-c2c(O)ccc3cc(Br)ccc23)c1O. The number of ether oxygens (including phenoxy) is 1. The van der Waals surface area contributed by atoms with Gasteiger partial charge in [0.25, 0.3) is 0 Å². The first kappa shape index (κ1) is 14.7. The summed E-state index contributed by atoms with van der Waals surface area (Å²) in [5.41, 5.74) is 2.10. The zero-order valence-corrected chi connectivity index (χ0v) is 13.8. The fourth-order valence-electron chi connectivity index (χ4n) is 2.66. The molecule has 0 saturated heterocycles. The van der Waals surface area contributed by atoms with Crippen LogP contribution in [0.15, 0.2) is 46.9 Å². The summed E-state index contributed by atoms with van der Waals surface area (Å²) >= 11 is 3.45. The first-order valence-corrected chi connectivity index (χ1v) is 7.59. The topological polar surface area (TPSA) is 49.7 Å². The van der Waals surface area contributed by atoms with Gasteiger partial charge in [-0.2, -0.15) is 0 Å². The first-order valence-electron chi connectivity index (χ1n) is 6.80. The third kappa shape index (κ3) is 2.40. The van der Waals surface area contributed by atoms with E-state index in [0.717, 1.165) is 20.8 Å². The molecule has 3 aromatic rings. The molecule has 0 fully saturated rings. The van der Waals surface area contributed by atoms with Crippen LogP contribution in [-0.4, -0.2) is 17.3 Å². The van der Waals surface area contributed by atoms with Crippen molar-refractivity contribution < 1.29 is 14.9 Å². The minimum absolute atomic E-state index is 0.0267. The minimum Gasteiger partial charge on any atom is -0.507 e. The number of hydrogen-bond acceptors (Lipinski definition) is 3. The van der Waals surface area contributed by atoms with Crippen molar-refractivity contribution in [3.63, 3.8) is 0 Å². The Morgan fingerprint density at radius 1 is 1.00 bits per heavy atom. The highest BCUT2D eigenvalue weighted by Crippen LogP contribution is 2.45.